The summed E-state index contributed by atoms with van der Waals surface area (Å²) in [5, 5.41) is 5.55. The number of rotatable bonds is 12. The molecule has 0 radical (unpaired) electrons. The molecule has 0 spiro atoms. The number of hydrogen-bond acceptors (Lipinski definition) is 6. The Bertz CT molecular complexity index is 1470. The number of anilines is 1. The average Bonchev–Trinajstić information content (AvgIpc) is 2.94. The van der Waals surface area contributed by atoms with Gasteiger partial charge in [0.1, 0.15) is 5.69 Å². The molecule has 3 rings (SSSR count). The van der Waals surface area contributed by atoms with E-state index in [0.29, 0.717) is 11.1 Å². The van der Waals surface area contributed by atoms with Crippen molar-refractivity contribution in [3.8, 4) is 0 Å². The largest absolute Gasteiger partial charge is 0.433 e. The molecule has 0 atom stereocenters. The second-order valence-corrected chi connectivity index (χ2v) is 11.5. The molecule has 3 aromatic rings. The Hall–Kier alpha value is -3.39. The zero-order chi connectivity index (χ0) is 30.2. The summed E-state index contributed by atoms with van der Waals surface area (Å²) in [4.78, 5) is 27.4. The fraction of sp³-hybridized carbons (Fsp3) is 0.269. The normalized spacial score (nSPS) is 11.7. The van der Waals surface area contributed by atoms with Gasteiger partial charge in [0.05, 0.1) is 34.6 Å². The van der Waals surface area contributed by atoms with E-state index in [2.05, 4.69) is 15.6 Å². The number of benzene rings is 2. The van der Waals surface area contributed by atoms with Crippen molar-refractivity contribution in [1.82, 2.24) is 15.6 Å². The van der Waals surface area contributed by atoms with Gasteiger partial charge in [-0.3, -0.25) is 18.9 Å². The topological polar surface area (TPSA) is 134 Å². The Kier molecular flexibility index (Phi) is 11.0. The minimum absolute atomic E-state index is 0.0693. The summed E-state index contributed by atoms with van der Waals surface area (Å²) in [6, 6.07) is 12.6. The molecule has 0 saturated carbocycles. The van der Waals surface area contributed by atoms with Crippen LogP contribution in [0, 0.1) is 0 Å². The molecule has 0 saturated heterocycles. The van der Waals surface area contributed by atoms with Gasteiger partial charge in [-0.05, 0) is 53.9 Å². The summed E-state index contributed by atoms with van der Waals surface area (Å²) >= 11 is 12.4. The average molecular weight is 632 g/mol. The first-order valence-corrected chi connectivity index (χ1v) is 14.5. The molecule has 4 N–H and O–H groups in total. The third kappa shape index (κ3) is 9.05. The van der Waals surface area contributed by atoms with E-state index in [0.717, 1.165) is 16.6 Å². The van der Waals surface area contributed by atoms with E-state index >= 15 is 0 Å². The van der Waals surface area contributed by atoms with E-state index in [9.17, 15) is 31.2 Å². The Morgan fingerprint density at radius 3 is 2.32 bits per heavy atom. The van der Waals surface area contributed by atoms with Crippen molar-refractivity contribution >= 4 is 50.7 Å². The van der Waals surface area contributed by atoms with E-state index in [4.69, 9.17) is 28.9 Å². The van der Waals surface area contributed by atoms with E-state index in [1.54, 1.807) is 18.2 Å². The van der Waals surface area contributed by atoms with Crippen LogP contribution in [-0.4, -0.2) is 44.1 Å². The molecule has 220 valence electrons. The van der Waals surface area contributed by atoms with Gasteiger partial charge in [-0.2, -0.15) is 13.2 Å². The first-order chi connectivity index (χ1) is 19.3. The molecule has 0 aliphatic carbocycles. The zero-order valence-corrected chi connectivity index (χ0v) is 23.7. The minimum Gasteiger partial charge on any atom is -0.355 e. The number of nitrogens with one attached hydrogen (secondary N) is 2. The van der Waals surface area contributed by atoms with Crippen molar-refractivity contribution in [3.05, 3.63) is 93.2 Å². The van der Waals surface area contributed by atoms with Gasteiger partial charge in [-0.25, -0.2) is 8.42 Å². The van der Waals surface area contributed by atoms with Crippen LogP contribution in [0.1, 0.15) is 33.6 Å². The second-order valence-electron chi connectivity index (χ2n) is 8.72. The maximum atomic E-state index is 13.4. The lowest BCUT2D eigenvalue weighted by atomic mass is 10.1. The van der Waals surface area contributed by atoms with Crippen molar-refractivity contribution < 1.29 is 31.2 Å². The highest BCUT2D eigenvalue weighted by molar-refractivity contribution is 7.92. The molecule has 0 aliphatic rings. The van der Waals surface area contributed by atoms with Crippen LogP contribution in [0.3, 0.4) is 0 Å². The third-order valence-electron chi connectivity index (χ3n) is 5.75. The van der Waals surface area contributed by atoms with Gasteiger partial charge in [0.15, 0.2) is 0 Å². The molecule has 1 heterocycles. The Balaban J connectivity index is 1.76. The first kappa shape index (κ1) is 32.1. The molecular formula is C26H26Cl2F3N5O4S. The Labute approximate surface area is 244 Å². The zero-order valence-electron chi connectivity index (χ0n) is 21.4. The maximum Gasteiger partial charge on any atom is 0.433 e. The molecule has 9 nitrogen and oxygen atoms in total. The third-order valence-corrected chi connectivity index (χ3v) is 8.43. The second kappa shape index (κ2) is 14.0. The van der Waals surface area contributed by atoms with Crippen molar-refractivity contribution in [2.75, 3.05) is 23.1 Å². The van der Waals surface area contributed by atoms with Crippen LogP contribution in [0.2, 0.25) is 10.0 Å². The van der Waals surface area contributed by atoms with Gasteiger partial charge in [-0.15, -0.1) is 0 Å². The number of pyridine rings is 1. The summed E-state index contributed by atoms with van der Waals surface area (Å²) in [5.41, 5.74) is 5.46. The van der Waals surface area contributed by atoms with Crippen LogP contribution < -0.4 is 20.7 Å². The number of aromatic nitrogens is 1. The number of hydrogen-bond donors (Lipinski definition) is 3. The lowest BCUT2D eigenvalue weighted by Crippen LogP contribution is -2.35. The molecule has 0 bridgehead atoms. The summed E-state index contributed by atoms with van der Waals surface area (Å²) in [7, 11) is -3.94. The highest BCUT2D eigenvalue weighted by atomic mass is 35.5. The monoisotopic (exact) mass is 631 g/mol. The van der Waals surface area contributed by atoms with Crippen LogP contribution in [0.25, 0.3) is 0 Å². The van der Waals surface area contributed by atoms with Gasteiger partial charge in [-0.1, -0.05) is 41.4 Å². The summed E-state index contributed by atoms with van der Waals surface area (Å²) < 4.78 is 65.9. The molecule has 2 amide bonds. The number of amides is 2. The quantitative estimate of drug-likeness (QED) is 0.257. The van der Waals surface area contributed by atoms with Crippen molar-refractivity contribution in [2.45, 2.75) is 25.7 Å². The number of nitrogens with two attached hydrogens (primary N) is 1. The summed E-state index contributed by atoms with van der Waals surface area (Å²) in [6.45, 7) is -0.328. The molecule has 41 heavy (non-hydrogen) atoms. The van der Waals surface area contributed by atoms with E-state index in [-0.39, 0.29) is 59.6 Å². The maximum absolute atomic E-state index is 13.4. The number of halogens is 5. The van der Waals surface area contributed by atoms with Crippen molar-refractivity contribution in [2.24, 2.45) is 5.73 Å². The van der Waals surface area contributed by atoms with Gasteiger partial charge in [0.2, 0.25) is 15.9 Å². The molecule has 0 unspecified atom stereocenters. The Morgan fingerprint density at radius 1 is 1.00 bits per heavy atom. The molecule has 0 aliphatic heterocycles. The molecule has 2 aromatic carbocycles. The highest BCUT2D eigenvalue weighted by Crippen LogP contribution is 2.30. The van der Waals surface area contributed by atoms with Crippen LogP contribution in [0.4, 0.5) is 18.9 Å². The number of sulfonamides is 1. The molecule has 0 fully saturated rings. The smallest absolute Gasteiger partial charge is 0.355 e. The number of nitrogens with zero attached hydrogens (tertiary/aromatic N) is 2. The SMILES string of the molecule is NCC(=O)NCCCS(=O)(=O)N(Cc1cccc(Cl)c1Cl)c1ccc(C(=O)NCc2ccc(C(F)(F)F)nc2)cc1. The summed E-state index contributed by atoms with van der Waals surface area (Å²) in [5.74, 6) is -1.24. The van der Waals surface area contributed by atoms with Crippen molar-refractivity contribution in [1.29, 1.82) is 0 Å². The van der Waals surface area contributed by atoms with Gasteiger partial charge in [0, 0.05) is 24.8 Å². The minimum atomic E-state index is -4.57. The number of carbonyl (C=O) groups excluding carboxylic acids is 2. The number of carbonyl (C=O) groups is 2. The highest BCUT2D eigenvalue weighted by Gasteiger charge is 2.32. The molecule has 1 aromatic heterocycles. The van der Waals surface area contributed by atoms with Gasteiger partial charge >= 0.3 is 6.18 Å². The number of alkyl halides is 3. The fourth-order valence-corrected chi connectivity index (χ4v) is 5.49. The molecule has 15 heteroatoms. The predicted molar refractivity (Wildman–Crippen MR) is 150 cm³/mol. The predicted octanol–water partition coefficient (Wildman–Crippen LogP) is 4.14. The van der Waals surface area contributed by atoms with E-state index < -0.39 is 33.7 Å². The lowest BCUT2D eigenvalue weighted by Gasteiger charge is -2.25. The molecular weight excluding hydrogens is 606 g/mol. The van der Waals surface area contributed by atoms with E-state index in [1.165, 1.54) is 30.3 Å². The van der Waals surface area contributed by atoms with Crippen LogP contribution in [0.5, 0.6) is 0 Å². The van der Waals surface area contributed by atoms with E-state index in [1.807, 2.05) is 0 Å². The lowest BCUT2D eigenvalue weighted by molar-refractivity contribution is -0.141. The standard InChI is InChI=1S/C26H26Cl2F3N5O4S/c27-21-4-1-3-19(24(21)28)16-36(41(39,40)12-2-11-33-23(37)13-32)20-8-6-18(7-9-20)25(38)35-15-17-5-10-22(34-14-17)26(29,30)31/h1,3-10,14H,2,11-13,15-16,32H2,(H,33,37)(H,35,38). The van der Waals surface area contributed by atoms with Crippen molar-refractivity contribution in [3.63, 3.8) is 0 Å². The first-order valence-electron chi connectivity index (χ1n) is 12.1. The Morgan fingerprint density at radius 2 is 1.71 bits per heavy atom. The van der Waals surface area contributed by atoms with Gasteiger partial charge in [0.25, 0.3) is 5.91 Å². The van der Waals surface area contributed by atoms with Crippen LogP contribution in [-0.2, 0) is 34.1 Å². The fourth-order valence-electron chi connectivity index (χ4n) is 3.60. The summed E-state index contributed by atoms with van der Waals surface area (Å²) in [6.07, 6.45) is -3.42. The van der Waals surface area contributed by atoms with Crippen LogP contribution >= 0.6 is 23.2 Å². The van der Waals surface area contributed by atoms with Crippen LogP contribution in [0.15, 0.2) is 60.8 Å². The van der Waals surface area contributed by atoms with Gasteiger partial charge < -0.3 is 16.4 Å².